The van der Waals surface area contributed by atoms with Gasteiger partial charge in [0.25, 0.3) is 0 Å². The van der Waals surface area contributed by atoms with Gasteiger partial charge in [-0.3, -0.25) is 0 Å². The second-order valence-electron chi connectivity index (χ2n) is 4.11. The van der Waals surface area contributed by atoms with Gasteiger partial charge in [0, 0.05) is 35.9 Å². The van der Waals surface area contributed by atoms with Gasteiger partial charge < -0.3 is 10.0 Å². The molecule has 94 valence electrons. The topological polar surface area (TPSA) is 36.4 Å². The van der Waals surface area contributed by atoms with Gasteiger partial charge in [0.15, 0.2) is 11.6 Å². The molecule has 0 bridgehead atoms. The molecule has 1 aliphatic rings. The maximum Gasteiger partial charge on any atom is 0.171 e. The average molecular weight is 256 g/mol. The molecule has 5 heteroatoms. The van der Waals surface area contributed by atoms with Crippen LogP contribution in [0.15, 0.2) is 12.3 Å². The molecule has 2 rings (SSSR count). The van der Waals surface area contributed by atoms with Crippen LogP contribution in [0.3, 0.4) is 0 Å². The number of aliphatic hydroxyl groups is 1. The first-order valence-corrected chi connectivity index (χ1v) is 6.92. The number of pyridine rings is 1. The molecular weight excluding hydrogens is 239 g/mol. The van der Waals surface area contributed by atoms with Gasteiger partial charge in [-0.15, -0.1) is 0 Å². The second kappa shape index (κ2) is 5.69. The number of anilines is 1. The third kappa shape index (κ3) is 2.72. The summed E-state index contributed by atoms with van der Waals surface area (Å²) in [7, 11) is 0. The molecule has 1 aliphatic heterocycles. The Kier molecular flexibility index (Phi) is 4.23. The fraction of sp³-hybridized carbons (Fsp3) is 0.583. The quantitative estimate of drug-likeness (QED) is 0.898. The number of thioether (sulfide) groups is 1. The third-order valence-electron chi connectivity index (χ3n) is 3.01. The van der Waals surface area contributed by atoms with Crippen LogP contribution in [-0.4, -0.2) is 34.2 Å². The molecule has 1 saturated heterocycles. The highest BCUT2D eigenvalue weighted by Gasteiger charge is 2.23. The van der Waals surface area contributed by atoms with Gasteiger partial charge in [-0.2, -0.15) is 11.8 Å². The maximum absolute atomic E-state index is 14.0. The first-order chi connectivity index (χ1) is 8.26. The summed E-state index contributed by atoms with van der Waals surface area (Å²) in [5.74, 6) is 1.01. The van der Waals surface area contributed by atoms with Crippen LogP contribution in [0.5, 0.6) is 0 Å². The van der Waals surface area contributed by atoms with Crippen molar-refractivity contribution in [1.82, 2.24) is 4.98 Å². The summed E-state index contributed by atoms with van der Waals surface area (Å²) in [6.07, 6.45) is 2.65. The Hall–Kier alpha value is -0.810. The van der Waals surface area contributed by atoms with E-state index in [1.807, 2.05) is 16.7 Å². The number of aromatic nitrogens is 1. The van der Waals surface area contributed by atoms with Crippen molar-refractivity contribution < 1.29 is 9.50 Å². The van der Waals surface area contributed by atoms with Gasteiger partial charge >= 0.3 is 0 Å². The highest BCUT2D eigenvalue weighted by Crippen LogP contribution is 2.27. The lowest BCUT2D eigenvalue weighted by Crippen LogP contribution is -2.38. The van der Waals surface area contributed by atoms with Crippen LogP contribution in [0.2, 0.25) is 0 Å². The molecule has 0 aromatic carbocycles. The van der Waals surface area contributed by atoms with Crippen molar-refractivity contribution in [1.29, 1.82) is 0 Å². The van der Waals surface area contributed by atoms with Crippen LogP contribution in [0.1, 0.15) is 18.9 Å². The Morgan fingerprint density at radius 1 is 1.65 bits per heavy atom. The monoisotopic (exact) mass is 256 g/mol. The lowest BCUT2D eigenvalue weighted by Gasteiger charge is -2.33. The molecular formula is C12H17FN2OS. The van der Waals surface area contributed by atoms with Crippen LogP contribution in [0.4, 0.5) is 10.2 Å². The van der Waals surface area contributed by atoms with E-state index in [9.17, 15) is 4.39 Å². The van der Waals surface area contributed by atoms with E-state index in [0.29, 0.717) is 16.6 Å². The Morgan fingerprint density at radius 2 is 2.47 bits per heavy atom. The van der Waals surface area contributed by atoms with Crippen LogP contribution in [0, 0.1) is 5.82 Å². The highest BCUT2D eigenvalue weighted by molar-refractivity contribution is 8.00. The summed E-state index contributed by atoms with van der Waals surface area (Å²) in [6.45, 7) is 3.52. The largest absolute Gasteiger partial charge is 0.392 e. The SMILES string of the molecule is CCC1CN(c2nccc(CO)c2F)CCS1. The van der Waals surface area contributed by atoms with Gasteiger partial charge in [-0.05, 0) is 12.5 Å². The zero-order valence-corrected chi connectivity index (χ0v) is 10.7. The first-order valence-electron chi connectivity index (χ1n) is 5.87. The molecule has 2 heterocycles. The van der Waals surface area contributed by atoms with Crippen LogP contribution in [-0.2, 0) is 6.61 Å². The maximum atomic E-state index is 14.0. The molecule has 1 fully saturated rings. The summed E-state index contributed by atoms with van der Waals surface area (Å²) in [5, 5.41) is 9.59. The number of hydrogen-bond acceptors (Lipinski definition) is 4. The normalized spacial score (nSPS) is 20.6. The molecule has 0 saturated carbocycles. The number of hydrogen-bond donors (Lipinski definition) is 1. The highest BCUT2D eigenvalue weighted by atomic mass is 32.2. The van der Waals surface area contributed by atoms with Gasteiger partial charge in [-0.25, -0.2) is 9.37 Å². The van der Waals surface area contributed by atoms with E-state index in [0.717, 1.165) is 25.3 Å². The standard InChI is InChI=1S/C12H17FN2OS/c1-2-10-7-15(5-6-17-10)12-11(13)9(8-16)3-4-14-12/h3-4,10,16H,2,5-8H2,1H3. The van der Waals surface area contributed by atoms with Crippen molar-refractivity contribution in [3.8, 4) is 0 Å². The third-order valence-corrected chi connectivity index (χ3v) is 4.39. The van der Waals surface area contributed by atoms with Gasteiger partial charge in [0.2, 0.25) is 0 Å². The fourth-order valence-electron chi connectivity index (χ4n) is 1.97. The molecule has 0 spiro atoms. The minimum Gasteiger partial charge on any atom is -0.392 e. The van der Waals surface area contributed by atoms with E-state index in [2.05, 4.69) is 11.9 Å². The Balaban J connectivity index is 2.21. The first kappa shape index (κ1) is 12.6. The number of halogens is 1. The Labute approximate surface area is 105 Å². The zero-order chi connectivity index (χ0) is 12.3. The lowest BCUT2D eigenvalue weighted by molar-refractivity contribution is 0.275. The number of aliphatic hydroxyl groups excluding tert-OH is 1. The van der Waals surface area contributed by atoms with Crippen molar-refractivity contribution in [2.45, 2.75) is 25.2 Å². The zero-order valence-electron chi connectivity index (χ0n) is 9.90. The minimum absolute atomic E-state index is 0.277. The van der Waals surface area contributed by atoms with E-state index in [-0.39, 0.29) is 12.4 Å². The number of nitrogens with zero attached hydrogens (tertiary/aromatic N) is 2. The molecule has 1 atom stereocenters. The van der Waals surface area contributed by atoms with Gasteiger partial charge in [-0.1, -0.05) is 6.92 Å². The summed E-state index contributed by atoms with van der Waals surface area (Å²) in [4.78, 5) is 6.10. The Bertz CT molecular complexity index is 389. The molecule has 0 aliphatic carbocycles. The minimum atomic E-state index is -0.378. The predicted octanol–water partition coefficient (Wildman–Crippen LogP) is 2.04. The second-order valence-corrected chi connectivity index (χ2v) is 5.52. The molecule has 0 amide bonds. The molecule has 0 radical (unpaired) electrons. The summed E-state index contributed by atoms with van der Waals surface area (Å²) in [5.41, 5.74) is 0.321. The van der Waals surface area contributed by atoms with E-state index in [4.69, 9.17) is 5.11 Å². The van der Waals surface area contributed by atoms with Crippen molar-refractivity contribution in [2.75, 3.05) is 23.7 Å². The van der Waals surface area contributed by atoms with Crippen LogP contribution < -0.4 is 4.90 Å². The van der Waals surface area contributed by atoms with Crippen molar-refractivity contribution in [3.05, 3.63) is 23.6 Å². The van der Waals surface area contributed by atoms with E-state index < -0.39 is 0 Å². The smallest absolute Gasteiger partial charge is 0.171 e. The molecule has 1 aromatic heterocycles. The van der Waals surface area contributed by atoms with Gasteiger partial charge in [0.05, 0.1) is 6.61 Å². The summed E-state index contributed by atoms with van der Waals surface area (Å²) >= 11 is 1.94. The number of rotatable bonds is 3. The Morgan fingerprint density at radius 3 is 3.18 bits per heavy atom. The van der Waals surface area contributed by atoms with Crippen LogP contribution >= 0.6 is 11.8 Å². The molecule has 1 N–H and O–H groups in total. The van der Waals surface area contributed by atoms with Crippen molar-refractivity contribution in [2.24, 2.45) is 0 Å². The van der Waals surface area contributed by atoms with E-state index >= 15 is 0 Å². The van der Waals surface area contributed by atoms with Gasteiger partial charge in [0.1, 0.15) is 0 Å². The molecule has 1 unspecified atom stereocenters. The summed E-state index contributed by atoms with van der Waals surface area (Å²) in [6, 6.07) is 1.52. The predicted molar refractivity (Wildman–Crippen MR) is 68.9 cm³/mol. The molecule has 1 aromatic rings. The van der Waals surface area contributed by atoms with E-state index in [1.54, 1.807) is 6.20 Å². The fourth-order valence-corrected chi connectivity index (χ4v) is 3.15. The molecule has 17 heavy (non-hydrogen) atoms. The summed E-state index contributed by atoms with van der Waals surface area (Å²) < 4.78 is 14.0. The lowest BCUT2D eigenvalue weighted by atomic mass is 10.2. The average Bonchev–Trinajstić information content (AvgIpc) is 2.39. The molecule has 3 nitrogen and oxygen atoms in total. The van der Waals surface area contributed by atoms with Crippen molar-refractivity contribution >= 4 is 17.6 Å². The van der Waals surface area contributed by atoms with Crippen LogP contribution in [0.25, 0.3) is 0 Å². The van der Waals surface area contributed by atoms with Crippen molar-refractivity contribution in [3.63, 3.8) is 0 Å². The van der Waals surface area contributed by atoms with E-state index in [1.165, 1.54) is 6.07 Å².